The Bertz CT molecular complexity index is 1280. The van der Waals surface area contributed by atoms with Crippen LogP contribution in [-0.4, -0.2) is 37.2 Å². The van der Waals surface area contributed by atoms with Gasteiger partial charge in [0.2, 0.25) is 0 Å². The highest BCUT2D eigenvalue weighted by atomic mass is 16.6. The van der Waals surface area contributed by atoms with Crippen molar-refractivity contribution in [2.24, 2.45) is 0 Å². The van der Waals surface area contributed by atoms with E-state index in [1.165, 1.54) is 225 Å². The van der Waals surface area contributed by atoms with E-state index in [9.17, 15) is 14.4 Å². The molecule has 0 rings (SSSR count). The van der Waals surface area contributed by atoms with Crippen LogP contribution in [0.15, 0.2) is 48.6 Å². The maximum absolute atomic E-state index is 12.8. The molecule has 0 amide bonds. The Morgan fingerprint density at radius 3 is 0.824 bits per heavy atom. The SMILES string of the molecule is CC/C=C\C/C=C\C/C=C\C/C=C\CCCCCCCCCCCCCCCCCCCCCCC(=O)OCC(COC(=O)CCCCCCCC)OC(=O)CCCCCCCCCCCCCCCCCCC. The monoisotopic (exact) mass is 1040 g/mol. The van der Waals surface area contributed by atoms with E-state index in [1.54, 1.807) is 0 Å². The van der Waals surface area contributed by atoms with Crippen molar-refractivity contribution in [1.82, 2.24) is 0 Å². The number of hydrogen-bond acceptors (Lipinski definition) is 6. The van der Waals surface area contributed by atoms with E-state index in [0.717, 1.165) is 83.5 Å². The molecule has 0 spiro atoms. The molecule has 0 fully saturated rings. The molecule has 0 aliphatic rings. The number of esters is 3. The molecule has 432 valence electrons. The number of rotatable bonds is 60. The summed E-state index contributed by atoms with van der Waals surface area (Å²) in [4.78, 5) is 38.0. The number of carbonyl (C=O) groups excluding carboxylic acids is 3. The van der Waals surface area contributed by atoms with E-state index >= 15 is 0 Å². The Labute approximate surface area is 460 Å². The molecule has 0 aromatic heterocycles. The lowest BCUT2D eigenvalue weighted by Crippen LogP contribution is -2.30. The van der Waals surface area contributed by atoms with Crippen molar-refractivity contribution in [3.63, 3.8) is 0 Å². The van der Waals surface area contributed by atoms with Gasteiger partial charge in [-0.25, -0.2) is 0 Å². The van der Waals surface area contributed by atoms with Gasteiger partial charge in [-0.05, 0) is 57.8 Å². The lowest BCUT2D eigenvalue weighted by Gasteiger charge is -2.18. The summed E-state index contributed by atoms with van der Waals surface area (Å²) in [6.07, 6.45) is 78.9. The number of allylic oxidation sites excluding steroid dienone is 8. The first-order chi connectivity index (χ1) is 36.5. The van der Waals surface area contributed by atoms with Crippen molar-refractivity contribution in [2.45, 2.75) is 354 Å². The van der Waals surface area contributed by atoms with E-state index in [2.05, 4.69) is 69.4 Å². The average molecular weight is 1040 g/mol. The van der Waals surface area contributed by atoms with Crippen LogP contribution in [-0.2, 0) is 28.6 Å². The maximum atomic E-state index is 12.8. The van der Waals surface area contributed by atoms with Gasteiger partial charge in [0.05, 0.1) is 0 Å². The minimum atomic E-state index is -0.764. The molecule has 0 aromatic carbocycles. The molecule has 0 aliphatic carbocycles. The molecule has 0 saturated heterocycles. The third-order valence-electron chi connectivity index (χ3n) is 14.6. The van der Waals surface area contributed by atoms with Crippen molar-refractivity contribution in [2.75, 3.05) is 13.2 Å². The molecule has 0 aliphatic heterocycles. The average Bonchev–Trinajstić information content (AvgIpc) is 3.40. The smallest absolute Gasteiger partial charge is 0.306 e. The zero-order chi connectivity index (χ0) is 53.6. The number of carbonyl (C=O) groups is 3. The van der Waals surface area contributed by atoms with Crippen LogP contribution < -0.4 is 0 Å². The Hall–Kier alpha value is -2.63. The van der Waals surface area contributed by atoms with Gasteiger partial charge < -0.3 is 14.2 Å². The topological polar surface area (TPSA) is 78.9 Å². The minimum Gasteiger partial charge on any atom is -0.462 e. The van der Waals surface area contributed by atoms with Crippen molar-refractivity contribution < 1.29 is 28.6 Å². The minimum absolute atomic E-state index is 0.0663. The van der Waals surface area contributed by atoms with Gasteiger partial charge >= 0.3 is 17.9 Å². The molecule has 74 heavy (non-hydrogen) atoms. The fourth-order valence-corrected chi connectivity index (χ4v) is 9.73. The third kappa shape index (κ3) is 60.2. The van der Waals surface area contributed by atoms with Crippen LogP contribution in [0.5, 0.6) is 0 Å². The Kier molecular flexibility index (Phi) is 60.7. The molecular formula is C68H124O6. The molecule has 6 heteroatoms. The van der Waals surface area contributed by atoms with Gasteiger partial charge in [-0.3, -0.25) is 14.4 Å². The second-order valence-corrected chi connectivity index (χ2v) is 22.0. The highest BCUT2D eigenvalue weighted by Crippen LogP contribution is 2.18. The summed E-state index contributed by atoms with van der Waals surface area (Å²) in [5.41, 5.74) is 0. The normalized spacial score (nSPS) is 12.3. The van der Waals surface area contributed by atoms with Gasteiger partial charge in [0.15, 0.2) is 6.10 Å². The Morgan fingerprint density at radius 1 is 0.284 bits per heavy atom. The van der Waals surface area contributed by atoms with E-state index in [1.807, 2.05) is 0 Å². The summed E-state index contributed by atoms with van der Waals surface area (Å²) >= 11 is 0. The van der Waals surface area contributed by atoms with Crippen LogP contribution >= 0.6 is 0 Å². The second-order valence-electron chi connectivity index (χ2n) is 22.0. The zero-order valence-corrected chi connectivity index (χ0v) is 49.6. The summed E-state index contributed by atoms with van der Waals surface area (Å²) in [5.74, 6) is -0.853. The van der Waals surface area contributed by atoms with E-state index < -0.39 is 6.10 Å². The molecule has 0 heterocycles. The van der Waals surface area contributed by atoms with Gasteiger partial charge in [0.25, 0.3) is 0 Å². The predicted molar refractivity (Wildman–Crippen MR) is 321 cm³/mol. The number of unbranched alkanes of at least 4 members (excludes halogenated alkanes) is 41. The van der Waals surface area contributed by atoms with Gasteiger partial charge in [-0.1, -0.05) is 320 Å². The number of ether oxygens (including phenoxy) is 3. The maximum Gasteiger partial charge on any atom is 0.306 e. The molecule has 0 bridgehead atoms. The fourth-order valence-electron chi connectivity index (χ4n) is 9.73. The van der Waals surface area contributed by atoms with Gasteiger partial charge in [-0.2, -0.15) is 0 Å². The second kappa shape index (κ2) is 62.9. The highest BCUT2D eigenvalue weighted by molar-refractivity contribution is 5.71. The van der Waals surface area contributed by atoms with Crippen LogP contribution in [0.3, 0.4) is 0 Å². The Morgan fingerprint density at radius 2 is 0.527 bits per heavy atom. The summed E-state index contributed by atoms with van der Waals surface area (Å²) in [7, 11) is 0. The van der Waals surface area contributed by atoms with Crippen molar-refractivity contribution in [3.05, 3.63) is 48.6 Å². The first kappa shape index (κ1) is 71.4. The molecule has 0 radical (unpaired) electrons. The molecule has 0 N–H and O–H groups in total. The first-order valence-corrected chi connectivity index (χ1v) is 32.6. The molecular weight excluding hydrogens is 913 g/mol. The number of hydrogen-bond donors (Lipinski definition) is 0. The lowest BCUT2D eigenvalue weighted by molar-refractivity contribution is -0.167. The van der Waals surface area contributed by atoms with Gasteiger partial charge in [-0.15, -0.1) is 0 Å². The van der Waals surface area contributed by atoms with Crippen molar-refractivity contribution >= 4 is 17.9 Å². The van der Waals surface area contributed by atoms with E-state index in [0.29, 0.717) is 19.3 Å². The van der Waals surface area contributed by atoms with Crippen molar-refractivity contribution in [1.29, 1.82) is 0 Å². The predicted octanol–water partition coefficient (Wildman–Crippen LogP) is 22.2. The molecule has 0 aromatic rings. The highest BCUT2D eigenvalue weighted by Gasteiger charge is 2.19. The van der Waals surface area contributed by atoms with Gasteiger partial charge in [0.1, 0.15) is 13.2 Å². The lowest BCUT2D eigenvalue weighted by atomic mass is 10.0. The van der Waals surface area contributed by atoms with Crippen LogP contribution in [0.2, 0.25) is 0 Å². The van der Waals surface area contributed by atoms with Crippen LogP contribution in [0.1, 0.15) is 348 Å². The summed E-state index contributed by atoms with van der Waals surface area (Å²) < 4.78 is 16.8. The standard InChI is InChI=1S/C68H124O6/c1-4-7-10-13-16-18-20-22-24-26-27-28-29-30-31-32-33-34-35-36-37-38-39-40-41-43-44-46-48-50-52-55-58-61-67(70)73-64-65(63-72-66(69)60-57-54-15-12-9-6-3)74-68(71)62-59-56-53-51-49-47-45-42-25-23-21-19-17-14-11-8-5-2/h7,10,16,18,22,24,27-28,65H,4-6,8-9,11-15,17,19-21,23,25-26,29-64H2,1-3H3/b10-7-,18-16-,24-22-,28-27-. The largest absolute Gasteiger partial charge is 0.462 e. The Balaban J connectivity index is 3.93. The van der Waals surface area contributed by atoms with E-state index in [-0.39, 0.29) is 31.1 Å². The van der Waals surface area contributed by atoms with Crippen LogP contribution in [0, 0.1) is 0 Å². The quantitative estimate of drug-likeness (QED) is 0.0261. The third-order valence-corrected chi connectivity index (χ3v) is 14.6. The first-order valence-electron chi connectivity index (χ1n) is 32.6. The van der Waals surface area contributed by atoms with Gasteiger partial charge in [0, 0.05) is 19.3 Å². The summed E-state index contributed by atoms with van der Waals surface area (Å²) in [6.45, 7) is 6.52. The van der Waals surface area contributed by atoms with Crippen LogP contribution in [0.25, 0.3) is 0 Å². The molecule has 1 atom stereocenters. The van der Waals surface area contributed by atoms with Crippen molar-refractivity contribution in [3.8, 4) is 0 Å². The summed E-state index contributed by atoms with van der Waals surface area (Å²) in [6, 6.07) is 0. The van der Waals surface area contributed by atoms with E-state index in [4.69, 9.17) is 14.2 Å². The van der Waals surface area contributed by atoms with Crippen LogP contribution in [0.4, 0.5) is 0 Å². The fraction of sp³-hybridized carbons (Fsp3) is 0.838. The molecule has 1 unspecified atom stereocenters. The summed E-state index contributed by atoms with van der Waals surface area (Å²) in [5, 5.41) is 0. The molecule has 6 nitrogen and oxygen atoms in total. The zero-order valence-electron chi connectivity index (χ0n) is 49.6. The molecule has 0 saturated carbocycles.